The number of carboxylic acids is 1. The molecule has 9 nitrogen and oxygen atoms in total. The molecule has 0 aliphatic carbocycles. The first-order valence-corrected chi connectivity index (χ1v) is 11.4. The second-order valence-electron chi connectivity index (χ2n) is 7.04. The molecule has 1 heterocycles. The van der Waals surface area contributed by atoms with Crippen molar-refractivity contribution < 1.29 is 23.4 Å². The fourth-order valence-electron chi connectivity index (χ4n) is 3.13. The van der Waals surface area contributed by atoms with Gasteiger partial charge in [0, 0.05) is 17.0 Å². The van der Waals surface area contributed by atoms with E-state index >= 15 is 0 Å². The summed E-state index contributed by atoms with van der Waals surface area (Å²) < 4.78 is 28.1. The molecule has 0 unspecified atom stereocenters. The fourth-order valence-corrected chi connectivity index (χ4v) is 4.38. The average Bonchev–Trinajstić information content (AvgIpc) is 3.11. The van der Waals surface area contributed by atoms with Crippen LogP contribution in [0, 0.1) is 0 Å². The molecular formula is C22H17ClN4O5S. The van der Waals surface area contributed by atoms with Crippen molar-refractivity contribution in [3.63, 3.8) is 0 Å². The van der Waals surface area contributed by atoms with Gasteiger partial charge >= 0.3 is 5.97 Å². The summed E-state index contributed by atoms with van der Waals surface area (Å²) >= 11 is 5.94. The summed E-state index contributed by atoms with van der Waals surface area (Å²) in [6.45, 7) is 0.0474. The molecule has 0 amide bonds. The Hall–Kier alpha value is -3.73. The molecule has 4 aromatic rings. The number of sulfonamides is 1. The Morgan fingerprint density at radius 1 is 1.03 bits per heavy atom. The molecule has 3 aromatic carbocycles. The van der Waals surface area contributed by atoms with E-state index in [1.807, 2.05) is 0 Å². The summed E-state index contributed by atoms with van der Waals surface area (Å²) in [5.74, 6) is -1.41. The first kappa shape index (κ1) is 22.5. The Morgan fingerprint density at radius 3 is 2.58 bits per heavy atom. The van der Waals surface area contributed by atoms with Crippen molar-refractivity contribution in [2.24, 2.45) is 10.2 Å². The van der Waals surface area contributed by atoms with Crippen molar-refractivity contribution in [2.75, 3.05) is 0 Å². The van der Waals surface area contributed by atoms with Gasteiger partial charge in [0.1, 0.15) is 0 Å². The molecule has 11 heteroatoms. The minimum Gasteiger partial charge on any atom is -0.493 e. The monoisotopic (exact) mass is 484 g/mol. The van der Waals surface area contributed by atoms with E-state index in [2.05, 4.69) is 19.9 Å². The third-order valence-electron chi connectivity index (χ3n) is 4.75. The summed E-state index contributed by atoms with van der Waals surface area (Å²) in [6, 6.07) is 16.9. The molecule has 0 aliphatic rings. The Labute approximate surface area is 193 Å². The Bertz CT molecular complexity index is 1500. The summed E-state index contributed by atoms with van der Waals surface area (Å²) in [5, 5.41) is 28.2. The number of carbonyl (C=O) groups is 1. The minimum atomic E-state index is -3.88. The van der Waals surface area contributed by atoms with Crippen molar-refractivity contribution in [1.82, 2.24) is 9.71 Å². The number of H-pyrrole nitrogens is 1. The highest BCUT2D eigenvalue weighted by atomic mass is 35.5. The normalized spacial score (nSPS) is 11.9. The van der Waals surface area contributed by atoms with Crippen LogP contribution in [0.3, 0.4) is 0 Å². The zero-order valence-corrected chi connectivity index (χ0v) is 18.4. The van der Waals surface area contributed by atoms with Crippen LogP contribution in [0.25, 0.3) is 10.9 Å². The number of azo groups is 1. The van der Waals surface area contributed by atoms with E-state index in [1.54, 1.807) is 30.3 Å². The van der Waals surface area contributed by atoms with Crippen molar-refractivity contribution >= 4 is 49.9 Å². The van der Waals surface area contributed by atoms with Gasteiger partial charge in [-0.2, -0.15) is 5.11 Å². The molecule has 168 valence electrons. The maximum Gasteiger partial charge on any atom is 0.335 e. The number of benzene rings is 3. The predicted molar refractivity (Wildman–Crippen MR) is 123 cm³/mol. The standard InChI is InChI=1S/C22H17ClN4O5S/c23-15-5-1-3-13(9-15)12-24-33(31,32)17-7-8-19-18(11-17)20(21(28)25-19)27-26-16-6-2-4-14(10-16)22(29)30/h1-11,24-25,28H,12H2,(H,29,30). The number of halogens is 1. The summed E-state index contributed by atoms with van der Waals surface area (Å²) in [6.07, 6.45) is 0. The largest absolute Gasteiger partial charge is 0.493 e. The van der Waals surface area contributed by atoms with E-state index in [-0.39, 0.29) is 34.3 Å². The SMILES string of the molecule is O=C(O)c1cccc(N=Nc2c(O)[nH]c3ccc(S(=O)(=O)NCc4cccc(Cl)c4)cc23)c1. The van der Waals surface area contributed by atoms with Gasteiger partial charge in [-0.3, -0.25) is 0 Å². The number of hydrogen-bond acceptors (Lipinski definition) is 6. The number of fused-ring (bicyclic) bond motifs is 1. The molecule has 4 N–H and O–H groups in total. The highest BCUT2D eigenvalue weighted by Gasteiger charge is 2.18. The first-order valence-electron chi connectivity index (χ1n) is 9.57. The number of aromatic nitrogens is 1. The van der Waals surface area contributed by atoms with Crippen LogP contribution < -0.4 is 4.72 Å². The quantitative estimate of drug-likeness (QED) is 0.269. The Morgan fingerprint density at radius 2 is 1.82 bits per heavy atom. The lowest BCUT2D eigenvalue weighted by Gasteiger charge is -2.07. The molecule has 1 aromatic heterocycles. The van der Waals surface area contributed by atoms with Crippen LogP contribution in [0.15, 0.2) is 81.9 Å². The highest BCUT2D eigenvalue weighted by molar-refractivity contribution is 7.89. The van der Waals surface area contributed by atoms with E-state index in [0.717, 1.165) is 0 Å². The molecular weight excluding hydrogens is 468 g/mol. The molecule has 0 bridgehead atoms. The molecule has 33 heavy (non-hydrogen) atoms. The molecule has 0 saturated carbocycles. The van der Waals surface area contributed by atoms with Gasteiger partial charge < -0.3 is 15.2 Å². The van der Waals surface area contributed by atoms with E-state index in [0.29, 0.717) is 21.5 Å². The number of hydrogen-bond donors (Lipinski definition) is 4. The van der Waals surface area contributed by atoms with Crippen molar-refractivity contribution in [1.29, 1.82) is 0 Å². The fraction of sp³-hybridized carbons (Fsp3) is 0.0455. The summed E-state index contributed by atoms with van der Waals surface area (Å²) in [4.78, 5) is 13.8. The van der Waals surface area contributed by atoms with Crippen LogP contribution in [0.1, 0.15) is 15.9 Å². The molecule has 0 spiro atoms. The van der Waals surface area contributed by atoms with Gasteiger partial charge in [0.25, 0.3) is 0 Å². The lowest BCUT2D eigenvalue weighted by atomic mass is 10.2. The number of nitrogens with zero attached hydrogens (tertiary/aromatic N) is 2. The first-order chi connectivity index (χ1) is 15.7. The van der Waals surface area contributed by atoms with Gasteiger partial charge in [0.15, 0.2) is 5.69 Å². The van der Waals surface area contributed by atoms with Crippen LogP contribution in [0.2, 0.25) is 5.02 Å². The second kappa shape index (κ2) is 9.02. The maximum atomic E-state index is 12.8. The zero-order chi connectivity index (χ0) is 23.6. The number of aromatic carboxylic acids is 1. The molecule has 0 saturated heterocycles. The van der Waals surface area contributed by atoms with Gasteiger partial charge in [0.2, 0.25) is 15.9 Å². The van der Waals surface area contributed by atoms with Crippen LogP contribution in [-0.2, 0) is 16.6 Å². The number of nitrogens with one attached hydrogen (secondary N) is 2. The number of aromatic amines is 1. The molecule has 0 aliphatic heterocycles. The van der Waals surface area contributed by atoms with Gasteiger partial charge in [-0.15, -0.1) is 5.11 Å². The Balaban J connectivity index is 1.64. The smallest absolute Gasteiger partial charge is 0.335 e. The van der Waals surface area contributed by atoms with E-state index in [4.69, 9.17) is 16.7 Å². The van der Waals surface area contributed by atoms with Gasteiger partial charge in [-0.1, -0.05) is 29.8 Å². The van der Waals surface area contributed by atoms with Crippen LogP contribution in [0.4, 0.5) is 11.4 Å². The molecule has 4 rings (SSSR count). The van der Waals surface area contributed by atoms with Crippen molar-refractivity contribution in [2.45, 2.75) is 11.4 Å². The van der Waals surface area contributed by atoms with Gasteiger partial charge in [-0.25, -0.2) is 17.9 Å². The minimum absolute atomic E-state index is 0.0256. The van der Waals surface area contributed by atoms with Crippen molar-refractivity contribution in [3.05, 3.63) is 82.9 Å². The van der Waals surface area contributed by atoms with E-state index < -0.39 is 16.0 Å². The number of rotatable bonds is 7. The summed E-state index contributed by atoms with van der Waals surface area (Å²) in [5.41, 5.74) is 1.47. The number of carboxylic acid groups (broad SMARTS) is 1. The van der Waals surface area contributed by atoms with E-state index in [1.165, 1.54) is 36.4 Å². The topological polar surface area (TPSA) is 144 Å². The average molecular weight is 485 g/mol. The molecule has 0 radical (unpaired) electrons. The van der Waals surface area contributed by atoms with Gasteiger partial charge in [-0.05, 0) is 54.1 Å². The lowest BCUT2D eigenvalue weighted by molar-refractivity contribution is 0.0697. The van der Waals surface area contributed by atoms with E-state index in [9.17, 15) is 18.3 Å². The second-order valence-corrected chi connectivity index (χ2v) is 9.24. The van der Waals surface area contributed by atoms with Crippen molar-refractivity contribution in [3.8, 4) is 5.88 Å². The molecule has 0 fully saturated rings. The number of aromatic hydroxyl groups is 1. The maximum absolute atomic E-state index is 12.8. The highest BCUT2D eigenvalue weighted by Crippen LogP contribution is 2.37. The Kier molecular flexibility index (Phi) is 6.14. The lowest BCUT2D eigenvalue weighted by Crippen LogP contribution is -2.23. The zero-order valence-electron chi connectivity index (χ0n) is 16.9. The predicted octanol–water partition coefficient (Wildman–Crippen LogP) is 5.12. The molecule has 0 atom stereocenters. The van der Waals surface area contributed by atoms with Crippen LogP contribution in [-0.4, -0.2) is 29.6 Å². The van der Waals surface area contributed by atoms with Crippen LogP contribution in [0.5, 0.6) is 5.88 Å². The third-order valence-corrected chi connectivity index (χ3v) is 6.38. The van der Waals surface area contributed by atoms with Gasteiger partial charge in [0.05, 0.1) is 21.7 Å². The summed E-state index contributed by atoms with van der Waals surface area (Å²) in [7, 11) is -3.88. The third kappa shape index (κ3) is 5.03. The van der Waals surface area contributed by atoms with Crippen LogP contribution >= 0.6 is 11.6 Å².